The van der Waals surface area contributed by atoms with E-state index >= 15 is 0 Å². The maximum Gasteiger partial charge on any atom is 0.325 e. The normalized spacial score (nSPS) is 27.4. The van der Waals surface area contributed by atoms with Gasteiger partial charge in [0, 0.05) is 0 Å². The molecule has 0 radical (unpaired) electrons. The summed E-state index contributed by atoms with van der Waals surface area (Å²) >= 11 is 0. The molecule has 1 fully saturated rings. The van der Waals surface area contributed by atoms with E-state index < -0.39 is 5.97 Å². The second kappa shape index (κ2) is 3.45. The summed E-state index contributed by atoms with van der Waals surface area (Å²) in [5.74, 6) is -0.342. The van der Waals surface area contributed by atoms with Crippen LogP contribution in [0.4, 0.5) is 0 Å². The van der Waals surface area contributed by atoms with Crippen LogP contribution >= 0.6 is 0 Å². The molecule has 76 valence electrons. The second-order valence-electron chi connectivity index (χ2n) is 4.58. The van der Waals surface area contributed by atoms with Gasteiger partial charge in [-0.05, 0) is 25.2 Å². The summed E-state index contributed by atoms with van der Waals surface area (Å²) in [6, 6.07) is 0. The van der Waals surface area contributed by atoms with Gasteiger partial charge in [-0.1, -0.05) is 25.5 Å². The molecule has 0 spiro atoms. The van der Waals surface area contributed by atoms with E-state index in [1.54, 1.807) is 0 Å². The molecule has 1 aliphatic carbocycles. The average molecular weight is 193 g/mol. The summed E-state index contributed by atoms with van der Waals surface area (Å²) in [4.78, 5) is 11.3. The fourth-order valence-electron chi connectivity index (χ4n) is 1.91. The lowest BCUT2D eigenvalue weighted by molar-refractivity contribution is -0.139. The van der Waals surface area contributed by atoms with Crippen molar-refractivity contribution in [2.45, 2.75) is 27.7 Å². The van der Waals surface area contributed by atoms with Crippen LogP contribution in [-0.2, 0) is 9.53 Å². The Hall–Kier alpha value is -1.30. The molecule has 0 saturated heterocycles. The number of carbonyl (C=O) groups excluding carboxylic acids is 1. The van der Waals surface area contributed by atoms with Gasteiger partial charge in [0.15, 0.2) is 0 Å². The lowest BCUT2D eigenvalue weighted by Crippen LogP contribution is -2.07. The number of nitrogens with zero attached hydrogens (tertiary/aromatic N) is 1. The maximum absolute atomic E-state index is 11.3. The fraction of sp³-hybridized carbons (Fsp3) is 0.636. The summed E-state index contributed by atoms with van der Waals surface area (Å²) < 4.78 is 4.35. The number of ether oxygens (including phenoxy) is 1. The molecule has 0 heterocycles. The first-order valence-corrected chi connectivity index (χ1v) is 4.66. The van der Waals surface area contributed by atoms with Crippen LogP contribution in [0.15, 0.2) is 11.6 Å². The van der Waals surface area contributed by atoms with Gasteiger partial charge in [0.05, 0.1) is 5.92 Å². The predicted molar refractivity (Wildman–Crippen MR) is 51.9 cm³/mol. The maximum atomic E-state index is 11.3. The Morgan fingerprint density at radius 2 is 2.07 bits per heavy atom. The van der Waals surface area contributed by atoms with Crippen LogP contribution in [0.3, 0.4) is 0 Å². The Kier molecular flexibility index (Phi) is 2.66. The molecule has 1 aliphatic rings. The van der Waals surface area contributed by atoms with E-state index in [0.717, 1.165) is 0 Å². The Morgan fingerprint density at radius 1 is 1.50 bits per heavy atom. The molecular weight excluding hydrogens is 178 g/mol. The Morgan fingerprint density at radius 3 is 2.50 bits per heavy atom. The van der Waals surface area contributed by atoms with Crippen LogP contribution in [-0.4, -0.2) is 5.97 Å². The predicted octanol–water partition coefficient (Wildman–Crippen LogP) is 2.25. The number of rotatable bonds is 2. The SMILES string of the molecule is CC(C)=CC1C(C(=O)OC#N)C1(C)C. The lowest BCUT2D eigenvalue weighted by atomic mass is 10.1. The van der Waals surface area contributed by atoms with Gasteiger partial charge in [-0.25, -0.2) is 0 Å². The zero-order valence-electron chi connectivity index (χ0n) is 9.00. The van der Waals surface area contributed by atoms with Crippen LogP contribution in [0.1, 0.15) is 27.7 Å². The van der Waals surface area contributed by atoms with Crippen molar-refractivity contribution in [2.24, 2.45) is 17.3 Å². The molecule has 14 heavy (non-hydrogen) atoms. The Balaban J connectivity index is 2.72. The molecule has 0 bridgehead atoms. The van der Waals surface area contributed by atoms with Crippen molar-refractivity contribution in [3.05, 3.63) is 11.6 Å². The minimum absolute atomic E-state index is 0.0643. The molecule has 0 amide bonds. The lowest BCUT2D eigenvalue weighted by Gasteiger charge is -1.97. The molecule has 0 aromatic carbocycles. The molecule has 3 heteroatoms. The van der Waals surface area contributed by atoms with Crippen molar-refractivity contribution in [1.82, 2.24) is 0 Å². The number of carbonyl (C=O) groups is 1. The summed E-state index contributed by atoms with van der Waals surface area (Å²) in [6.45, 7) is 8.03. The Labute approximate surface area is 84.4 Å². The van der Waals surface area contributed by atoms with E-state index in [4.69, 9.17) is 5.26 Å². The van der Waals surface area contributed by atoms with Gasteiger partial charge in [-0.3, -0.25) is 4.79 Å². The van der Waals surface area contributed by atoms with Crippen LogP contribution in [0.25, 0.3) is 0 Å². The molecule has 0 N–H and O–H groups in total. The van der Waals surface area contributed by atoms with Gasteiger partial charge in [0.1, 0.15) is 0 Å². The summed E-state index contributed by atoms with van der Waals surface area (Å²) in [7, 11) is 0. The fourth-order valence-corrected chi connectivity index (χ4v) is 1.91. The van der Waals surface area contributed by atoms with Crippen molar-refractivity contribution < 1.29 is 9.53 Å². The van der Waals surface area contributed by atoms with E-state index in [2.05, 4.69) is 10.8 Å². The number of hydrogen-bond acceptors (Lipinski definition) is 3. The third-order valence-corrected chi connectivity index (χ3v) is 2.82. The number of esters is 1. The molecule has 0 aromatic rings. The average Bonchev–Trinajstić information content (AvgIpc) is 2.52. The first-order valence-electron chi connectivity index (χ1n) is 4.66. The number of nitriles is 1. The smallest absolute Gasteiger partial charge is 0.325 e. The van der Waals surface area contributed by atoms with Crippen molar-refractivity contribution in [3.63, 3.8) is 0 Å². The standard InChI is InChI=1S/C11H15NO2/c1-7(2)5-8-9(11(8,3)4)10(13)14-6-12/h5,8-9H,1-4H3. The molecule has 0 aliphatic heterocycles. The topological polar surface area (TPSA) is 50.1 Å². The highest BCUT2D eigenvalue weighted by molar-refractivity contribution is 5.79. The van der Waals surface area contributed by atoms with Crippen LogP contribution in [0.2, 0.25) is 0 Å². The largest absolute Gasteiger partial charge is 0.351 e. The number of hydrogen-bond donors (Lipinski definition) is 0. The van der Waals surface area contributed by atoms with Gasteiger partial charge >= 0.3 is 5.97 Å². The zero-order chi connectivity index (χ0) is 10.9. The molecule has 2 atom stereocenters. The van der Waals surface area contributed by atoms with Gasteiger partial charge < -0.3 is 4.74 Å². The van der Waals surface area contributed by atoms with Crippen molar-refractivity contribution in [1.29, 1.82) is 5.26 Å². The van der Waals surface area contributed by atoms with Crippen molar-refractivity contribution >= 4 is 5.97 Å². The third kappa shape index (κ3) is 1.79. The summed E-state index contributed by atoms with van der Waals surface area (Å²) in [6.07, 6.45) is 3.50. The van der Waals surface area contributed by atoms with E-state index in [0.29, 0.717) is 0 Å². The first-order chi connectivity index (χ1) is 6.41. The summed E-state index contributed by atoms with van der Waals surface area (Å²) in [5.41, 5.74) is 1.13. The van der Waals surface area contributed by atoms with Crippen LogP contribution in [0.5, 0.6) is 0 Å². The van der Waals surface area contributed by atoms with E-state index in [1.165, 1.54) is 11.8 Å². The van der Waals surface area contributed by atoms with E-state index in [1.807, 2.05) is 27.7 Å². The van der Waals surface area contributed by atoms with Gasteiger partial charge in [-0.2, -0.15) is 0 Å². The monoisotopic (exact) mass is 193 g/mol. The van der Waals surface area contributed by atoms with Gasteiger partial charge in [0.2, 0.25) is 0 Å². The van der Waals surface area contributed by atoms with Gasteiger partial charge in [0.25, 0.3) is 6.26 Å². The molecule has 3 nitrogen and oxygen atoms in total. The van der Waals surface area contributed by atoms with Crippen LogP contribution in [0, 0.1) is 28.8 Å². The third-order valence-electron chi connectivity index (χ3n) is 2.82. The molecule has 1 saturated carbocycles. The van der Waals surface area contributed by atoms with Gasteiger partial charge in [-0.15, -0.1) is 5.26 Å². The summed E-state index contributed by atoms with van der Waals surface area (Å²) in [5, 5.41) is 8.24. The van der Waals surface area contributed by atoms with Crippen molar-refractivity contribution in [2.75, 3.05) is 0 Å². The molecule has 2 unspecified atom stereocenters. The first kappa shape index (κ1) is 10.8. The highest BCUT2D eigenvalue weighted by atomic mass is 16.5. The second-order valence-corrected chi connectivity index (χ2v) is 4.58. The molecule has 0 aromatic heterocycles. The Bertz CT molecular complexity index is 319. The van der Waals surface area contributed by atoms with E-state index in [9.17, 15) is 4.79 Å². The van der Waals surface area contributed by atoms with Crippen LogP contribution < -0.4 is 0 Å². The quantitative estimate of drug-likeness (QED) is 0.384. The minimum atomic E-state index is -0.403. The highest BCUT2D eigenvalue weighted by Gasteiger charge is 2.61. The molecular formula is C11H15NO2. The van der Waals surface area contributed by atoms with Crippen molar-refractivity contribution in [3.8, 4) is 6.26 Å². The van der Waals surface area contributed by atoms with E-state index in [-0.39, 0.29) is 17.3 Å². The zero-order valence-corrected chi connectivity index (χ0v) is 9.00. The minimum Gasteiger partial charge on any atom is -0.351 e. The highest BCUT2D eigenvalue weighted by Crippen LogP contribution is 2.59. The molecule has 1 rings (SSSR count). The number of allylic oxidation sites excluding steroid dienone is 2.